The van der Waals surface area contributed by atoms with Crippen molar-refractivity contribution in [2.45, 2.75) is 38.6 Å². The van der Waals surface area contributed by atoms with E-state index in [0.717, 1.165) is 18.9 Å². The molecular weight excluding hydrogens is 320 g/mol. The summed E-state index contributed by atoms with van der Waals surface area (Å²) in [5, 5.41) is 3.11. The third-order valence-electron chi connectivity index (χ3n) is 5.39. The number of likely N-dealkylation sites (tertiary alicyclic amines) is 1. The lowest BCUT2D eigenvalue weighted by atomic mass is 9.90. The van der Waals surface area contributed by atoms with Crippen LogP contribution in [0.2, 0.25) is 0 Å². The average Bonchev–Trinajstić information content (AvgIpc) is 2.67. The van der Waals surface area contributed by atoms with Crippen molar-refractivity contribution in [2.75, 3.05) is 19.6 Å². The number of amides is 1. The minimum atomic E-state index is 0.0421. The van der Waals surface area contributed by atoms with E-state index in [2.05, 4.69) is 52.7 Å². The molecule has 1 fully saturated rings. The van der Waals surface area contributed by atoms with Crippen LogP contribution in [0, 0.1) is 5.92 Å². The molecule has 2 aromatic carbocycles. The molecule has 1 aliphatic heterocycles. The second-order valence-electron chi connectivity index (χ2n) is 7.43. The summed E-state index contributed by atoms with van der Waals surface area (Å²) in [6, 6.07) is 21.3. The highest BCUT2D eigenvalue weighted by Crippen LogP contribution is 2.23. The van der Waals surface area contributed by atoms with E-state index in [4.69, 9.17) is 0 Å². The van der Waals surface area contributed by atoms with Gasteiger partial charge < -0.3 is 10.2 Å². The first kappa shape index (κ1) is 18.7. The van der Waals surface area contributed by atoms with Gasteiger partial charge in [0.1, 0.15) is 0 Å². The predicted octanol–water partition coefficient (Wildman–Crippen LogP) is 4.21. The molecule has 1 unspecified atom stereocenters. The number of hydrogen-bond acceptors (Lipinski definition) is 2. The minimum absolute atomic E-state index is 0.0421. The maximum Gasteiger partial charge on any atom is 0.217 e. The third-order valence-corrected chi connectivity index (χ3v) is 5.39. The van der Waals surface area contributed by atoms with Gasteiger partial charge in [0, 0.05) is 13.5 Å². The zero-order chi connectivity index (χ0) is 18.2. The molecule has 1 N–H and O–H groups in total. The van der Waals surface area contributed by atoms with Crippen molar-refractivity contribution in [1.29, 1.82) is 0 Å². The Morgan fingerprint density at radius 1 is 1.04 bits per heavy atom. The predicted molar refractivity (Wildman–Crippen MR) is 107 cm³/mol. The first-order valence-electron chi connectivity index (χ1n) is 9.79. The first-order valence-corrected chi connectivity index (χ1v) is 9.79. The van der Waals surface area contributed by atoms with Crippen LogP contribution in [0.5, 0.6) is 0 Å². The fourth-order valence-electron chi connectivity index (χ4n) is 3.93. The largest absolute Gasteiger partial charge is 0.349 e. The van der Waals surface area contributed by atoms with E-state index < -0.39 is 0 Å². The number of hydrogen-bond donors (Lipinski definition) is 1. The zero-order valence-corrected chi connectivity index (χ0v) is 15.7. The fourth-order valence-corrected chi connectivity index (χ4v) is 3.93. The molecule has 1 atom stereocenters. The summed E-state index contributed by atoms with van der Waals surface area (Å²) >= 11 is 0. The number of rotatable bonds is 7. The highest BCUT2D eigenvalue weighted by molar-refractivity contribution is 5.73. The van der Waals surface area contributed by atoms with Gasteiger partial charge in [-0.3, -0.25) is 4.79 Å². The molecule has 0 spiro atoms. The van der Waals surface area contributed by atoms with Gasteiger partial charge in [0.15, 0.2) is 0 Å². The summed E-state index contributed by atoms with van der Waals surface area (Å²) in [5.74, 6) is 0.842. The van der Waals surface area contributed by atoms with Crippen LogP contribution in [-0.2, 0) is 11.2 Å². The molecule has 1 saturated heterocycles. The van der Waals surface area contributed by atoms with E-state index in [1.165, 1.54) is 43.5 Å². The SMILES string of the molecule is CC(=O)NC(CCN1CCC(Cc2ccccc2)CC1)c1ccccc1. The molecule has 3 heteroatoms. The molecule has 3 rings (SSSR count). The van der Waals surface area contributed by atoms with E-state index >= 15 is 0 Å². The summed E-state index contributed by atoms with van der Waals surface area (Å²) in [6.07, 6.45) is 4.70. The van der Waals surface area contributed by atoms with Gasteiger partial charge >= 0.3 is 0 Å². The number of nitrogens with zero attached hydrogens (tertiary/aromatic N) is 1. The molecule has 2 aromatic rings. The fraction of sp³-hybridized carbons (Fsp3) is 0.435. The summed E-state index contributed by atoms with van der Waals surface area (Å²) in [7, 11) is 0. The Hall–Kier alpha value is -2.13. The topological polar surface area (TPSA) is 32.3 Å². The van der Waals surface area contributed by atoms with Gasteiger partial charge in [-0.1, -0.05) is 60.7 Å². The second-order valence-corrected chi connectivity index (χ2v) is 7.43. The number of nitrogens with one attached hydrogen (secondary N) is 1. The standard InChI is InChI=1S/C23H30N2O/c1-19(26)24-23(22-10-6-3-7-11-22)14-17-25-15-12-21(13-16-25)18-20-8-4-2-5-9-20/h2-11,21,23H,12-18H2,1H3,(H,24,26). The molecule has 138 valence electrons. The molecule has 1 amide bonds. The molecular formula is C23H30N2O. The van der Waals surface area contributed by atoms with Crippen molar-refractivity contribution in [3.8, 4) is 0 Å². The Kier molecular flexibility index (Phi) is 6.84. The molecule has 26 heavy (non-hydrogen) atoms. The Morgan fingerprint density at radius 3 is 2.27 bits per heavy atom. The van der Waals surface area contributed by atoms with Crippen molar-refractivity contribution in [3.05, 3.63) is 71.8 Å². The van der Waals surface area contributed by atoms with Crippen molar-refractivity contribution in [3.63, 3.8) is 0 Å². The number of carbonyl (C=O) groups is 1. The van der Waals surface area contributed by atoms with Crippen LogP contribution in [0.25, 0.3) is 0 Å². The number of piperidine rings is 1. The highest BCUT2D eigenvalue weighted by atomic mass is 16.1. The van der Waals surface area contributed by atoms with Crippen molar-refractivity contribution in [1.82, 2.24) is 10.2 Å². The van der Waals surface area contributed by atoms with Crippen LogP contribution < -0.4 is 5.32 Å². The van der Waals surface area contributed by atoms with Crippen LogP contribution in [0.3, 0.4) is 0 Å². The highest BCUT2D eigenvalue weighted by Gasteiger charge is 2.21. The van der Waals surface area contributed by atoms with Crippen molar-refractivity contribution in [2.24, 2.45) is 5.92 Å². The van der Waals surface area contributed by atoms with Gasteiger partial charge in [-0.05, 0) is 55.8 Å². The van der Waals surface area contributed by atoms with E-state index in [1.807, 2.05) is 18.2 Å². The normalized spacial score (nSPS) is 17.0. The number of carbonyl (C=O) groups excluding carboxylic acids is 1. The van der Waals surface area contributed by atoms with E-state index in [0.29, 0.717) is 0 Å². The summed E-state index contributed by atoms with van der Waals surface area (Å²) in [6.45, 7) is 4.97. The monoisotopic (exact) mass is 350 g/mol. The average molecular weight is 351 g/mol. The van der Waals surface area contributed by atoms with Crippen molar-refractivity contribution >= 4 is 5.91 Å². The van der Waals surface area contributed by atoms with Gasteiger partial charge in [0.2, 0.25) is 5.91 Å². The zero-order valence-electron chi connectivity index (χ0n) is 15.7. The summed E-state index contributed by atoms with van der Waals surface area (Å²) in [4.78, 5) is 14.1. The Balaban J connectivity index is 1.46. The van der Waals surface area contributed by atoms with Gasteiger partial charge in [0.05, 0.1) is 6.04 Å². The first-order chi connectivity index (χ1) is 12.7. The lowest BCUT2D eigenvalue weighted by Gasteiger charge is -2.33. The molecule has 0 bridgehead atoms. The van der Waals surface area contributed by atoms with Gasteiger partial charge in [-0.25, -0.2) is 0 Å². The maximum atomic E-state index is 11.6. The van der Waals surface area contributed by atoms with Gasteiger partial charge in [-0.2, -0.15) is 0 Å². The summed E-state index contributed by atoms with van der Waals surface area (Å²) in [5.41, 5.74) is 2.66. The molecule has 0 radical (unpaired) electrons. The van der Waals surface area contributed by atoms with Crippen LogP contribution in [0.15, 0.2) is 60.7 Å². The molecule has 0 aromatic heterocycles. The quantitative estimate of drug-likeness (QED) is 0.811. The van der Waals surface area contributed by atoms with E-state index in [-0.39, 0.29) is 11.9 Å². The molecule has 0 aliphatic carbocycles. The van der Waals surface area contributed by atoms with Crippen molar-refractivity contribution < 1.29 is 4.79 Å². The lowest BCUT2D eigenvalue weighted by Crippen LogP contribution is -2.37. The minimum Gasteiger partial charge on any atom is -0.349 e. The smallest absolute Gasteiger partial charge is 0.217 e. The molecule has 3 nitrogen and oxygen atoms in total. The van der Waals surface area contributed by atoms with Gasteiger partial charge in [0.25, 0.3) is 0 Å². The van der Waals surface area contributed by atoms with Crippen LogP contribution in [-0.4, -0.2) is 30.4 Å². The Morgan fingerprint density at radius 2 is 1.65 bits per heavy atom. The maximum absolute atomic E-state index is 11.6. The molecule has 1 aliphatic rings. The summed E-state index contributed by atoms with van der Waals surface area (Å²) < 4.78 is 0. The third kappa shape index (κ3) is 5.70. The van der Waals surface area contributed by atoms with Crippen LogP contribution in [0.1, 0.15) is 43.4 Å². The Labute approximate surface area is 157 Å². The van der Waals surface area contributed by atoms with E-state index in [9.17, 15) is 4.79 Å². The lowest BCUT2D eigenvalue weighted by molar-refractivity contribution is -0.119. The Bertz CT molecular complexity index is 663. The molecule has 0 saturated carbocycles. The van der Waals surface area contributed by atoms with Gasteiger partial charge in [-0.15, -0.1) is 0 Å². The van der Waals surface area contributed by atoms with Crippen LogP contribution >= 0.6 is 0 Å². The second kappa shape index (κ2) is 9.54. The van der Waals surface area contributed by atoms with Crippen LogP contribution in [0.4, 0.5) is 0 Å². The molecule has 1 heterocycles. The van der Waals surface area contributed by atoms with E-state index in [1.54, 1.807) is 6.92 Å². The number of benzene rings is 2.